The molecule has 1 aliphatic rings. The van der Waals surface area contributed by atoms with Crippen molar-refractivity contribution in [2.75, 3.05) is 0 Å². The van der Waals surface area contributed by atoms with E-state index in [0.717, 1.165) is 30.4 Å². The first-order valence-electron chi connectivity index (χ1n) is 9.48. The molecule has 0 saturated heterocycles. The molecule has 1 aliphatic carbocycles. The van der Waals surface area contributed by atoms with E-state index in [-0.39, 0.29) is 5.92 Å². The second kappa shape index (κ2) is 8.08. The number of aromatic hydroxyl groups is 2. The van der Waals surface area contributed by atoms with Crippen LogP contribution in [0.4, 0.5) is 0 Å². The number of aryl methyl sites for hydroxylation is 1. The van der Waals surface area contributed by atoms with Gasteiger partial charge in [0.2, 0.25) is 0 Å². The molecule has 0 heterocycles. The van der Waals surface area contributed by atoms with Crippen LogP contribution in [0.15, 0.2) is 12.1 Å². The van der Waals surface area contributed by atoms with Crippen molar-refractivity contribution in [1.82, 2.24) is 0 Å². The number of benzene rings is 1. The van der Waals surface area contributed by atoms with Crippen molar-refractivity contribution in [2.24, 2.45) is 17.8 Å². The Kier molecular flexibility index (Phi) is 6.38. The fraction of sp³-hybridized carbons (Fsp3) is 0.714. The van der Waals surface area contributed by atoms with E-state index in [1.807, 2.05) is 12.1 Å². The number of unbranched alkanes of at least 4 members (excludes halogenated alkanes) is 2. The summed E-state index contributed by atoms with van der Waals surface area (Å²) in [6.07, 6.45) is 7.95. The van der Waals surface area contributed by atoms with Crippen LogP contribution in [-0.2, 0) is 6.42 Å². The summed E-state index contributed by atoms with van der Waals surface area (Å²) in [6.45, 7) is 9.01. The second-order valence-corrected chi connectivity index (χ2v) is 7.94. The summed E-state index contributed by atoms with van der Waals surface area (Å²) < 4.78 is 0. The quantitative estimate of drug-likeness (QED) is 0.631. The van der Waals surface area contributed by atoms with Crippen LogP contribution in [0.3, 0.4) is 0 Å². The molecule has 1 aromatic carbocycles. The van der Waals surface area contributed by atoms with E-state index in [9.17, 15) is 10.2 Å². The Morgan fingerprint density at radius 2 is 1.74 bits per heavy atom. The van der Waals surface area contributed by atoms with E-state index in [2.05, 4.69) is 27.7 Å². The number of rotatable bonds is 6. The predicted molar refractivity (Wildman–Crippen MR) is 97.1 cm³/mol. The van der Waals surface area contributed by atoms with Gasteiger partial charge in [-0.05, 0) is 67.1 Å². The van der Waals surface area contributed by atoms with E-state index in [1.54, 1.807) is 0 Å². The molecule has 23 heavy (non-hydrogen) atoms. The van der Waals surface area contributed by atoms with Gasteiger partial charge in [-0.25, -0.2) is 0 Å². The van der Waals surface area contributed by atoms with E-state index < -0.39 is 0 Å². The van der Waals surface area contributed by atoms with Crippen LogP contribution in [0.25, 0.3) is 0 Å². The van der Waals surface area contributed by atoms with E-state index in [1.165, 1.54) is 25.7 Å². The Bertz CT molecular complexity index is 484. The molecule has 2 heteroatoms. The third-order valence-electron chi connectivity index (χ3n) is 5.66. The van der Waals surface area contributed by atoms with Crippen LogP contribution in [0.5, 0.6) is 11.5 Å². The van der Waals surface area contributed by atoms with Gasteiger partial charge in [0.05, 0.1) is 0 Å². The third-order valence-corrected chi connectivity index (χ3v) is 5.66. The van der Waals surface area contributed by atoms with Crippen LogP contribution in [0.2, 0.25) is 0 Å². The van der Waals surface area contributed by atoms with Gasteiger partial charge in [-0.1, -0.05) is 47.0 Å². The monoisotopic (exact) mass is 318 g/mol. The topological polar surface area (TPSA) is 40.5 Å². The molecular weight excluding hydrogens is 284 g/mol. The average Bonchev–Trinajstić information content (AvgIpc) is 2.46. The van der Waals surface area contributed by atoms with Crippen LogP contribution in [-0.4, -0.2) is 10.2 Å². The molecule has 0 spiro atoms. The van der Waals surface area contributed by atoms with Gasteiger partial charge in [0.25, 0.3) is 0 Å². The van der Waals surface area contributed by atoms with Gasteiger partial charge in [0.15, 0.2) is 0 Å². The average molecular weight is 319 g/mol. The maximum Gasteiger partial charge on any atom is 0.123 e. The van der Waals surface area contributed by atoms with Crippen molar-refractivity contribution < 1.29 is 10.2 Å². The van der Waals surface area contributed by atoms with E-state index >= 15 is 0 Å². The fourth-order valence-electron chi connectivity index (χ4n) is 4.32. The van der Waals surface area contributed by atoms with E-state index in [4.69, 9.17) is 0 Å². The molecule has 1 fully saturated rings. The van der Waals surface area contributed by atoms with Gasteiger partial charge >= 0.3 is 0 Å². The molecule has 0 radical (unpaired) electrons. The van der Waals surface area contributed by atoms with Gasteiger partial charge in [-0.2, -0.15) is 0 Å². The molecule has 0 aliphatic heterocycles. The summed E-state index contributed by atoms with van der Waals surface area (Å²) in [7, 11) is 0. The number of phenols is 2. The lowest BCUT2D eigenvalue weighted by Crippen LogP contribution is -2.26. The molecular formula is C21H34O2. The zero-order chi connectivity index (χ0) is 17.0. The Morgan fingerprint density at radius 1 is 1.09 bits per heavy atom. The van der Waals surface area contributed by atoms with Gasteiger partial charge in [0, 0.05) is 5.56 Å². The Hall–Kier alpha value is -1.18. The zero-order valence-electron chi connectivity index (χ0n) is 15.3. The van der Waals surface area contributed by atoms with Crippen molar-refractivity contribution >= 4 is 0 Å². The van der Waals surface area contributed by atoms with Crippen molar-refractivity contribution in [3.8, 4) is 11.5 Å². The minimum Gasteiger partial charge on any atom is -0.508 e. The molecule has 0 amide bonds. The molecule has 2 nitrogen and oxygen atoms in total. The Morgan fingerprint density at radius 3 is 2.30 bits per heavy atom. The largest absolute Gasteiger partial charge is 0.508 e. The van der Waals surface area contributed by atoms with Gasteiger partial charge < -0.3 is 10.2 Å². The normalized spacial score (nSPS) is 25.0. The van der Waals surface area contributed by atoms with Crippen LogP contribution in [0, 0.1) is 17.8 Å². The maximum atomic E-state index is 10.6. The Labute approximate surface area is 141 Å². The molecule has 2 rings (SSSR count). The summed E-state index contributed by atoms with van der Waals surface area (Å²) >= 11 is 0. The molecule has 1 saturated carbocycles. The lowest BCUT2D eigenvalue weighted by atomic mass is 9.67. The molecule has 1 unspecified atom stereocenters. The zero-order valence-corrected chi connectivity index (χ0v) is 15.3. The van der Waals surface area contributed by atoms with Crippen molar-refractivity contribution in [2.45, 2.75) is 78.6 Å². The summed E-state index contributed by atoms with van der Waals surface area (Å²) in [4.78, 5) is 0. The first kappa shape index (κ1) is 18.2. The molecule has 3 atom stereocenters. The lowest BCUT2D eigenvalue weighted by Gasteiger charge is -2.38. The molecule has 0 bridgehead atoms. The number of hydrogen-bond donors (Lipinski definition) is 2. The van der Waals surface area contributed by atoms with Crippen molar-refractivity contribution in [1.29, 1.82) is 0 Å². The highest BCUT2D eigenvalue weighted by Gasteiger charge is 2.34. The van der Waals surface area contributed by atoms with Crippen molar-refractivity contribution in [3.63, 3.8) is 0 Å². The highest BCUT2D eigenvalue weighted by Crippen LogP contribution is 2.49. The second-order valence-electron chi connectivity index (χ2n) is 7.94. The standard InChI is InChI=1S/C21H34O2/c1-5-6-7-8-16-12-19(22)21(20(23)13-16)18-11-15(4)9-10-17(18)14(2)3/h12-15,17-18,22-23H,5-11H2,1-4H3/t15?,17-,18+/m1/s1. The molecule has 1 aromatic rings. The van der Waals surface area contributed by atoms with Crippen LogP contribution in [0.1, 0.15) is 83.3 Å². The van der Waals surface area contributed by atoms with E-state index in [0.29, 0.717) is 29.3 Å². The lowest BCUT2D eigenvalue weighted by molar-refractivity contribution is 0.192. The summed E-state index contributed by atoms with van der Waals surface area (Å²) in [6, 6.07) is 3.78. The first-order valence-corrected chi connectivity index (χ1v) is 9.48. The highest BCUT2D eigenvalue weighted by atomic mass is 16.3. The number of hydrogen-bond acceptors (Lipinski definition) is 2. The summed E-state index contributed by atoms with van der Waals surface area (Å²) in [5.74, 6) is 2.69. The van der Waals surface area contributed by atoms with Crippen molar-refractivity contribution in [3.05, 3.63) is 23.3 Å². The predicted octanol–water partition coefficient (Wildman–Crippen LogP) is 6.01. The molecule has 0 aromatic heterocycles. The third kappa shape index (κ3) is 4.43. The van der Waals surface area contributed by atoms with Crippen LogP contribution >= 0.6 is 0 Å². The SMILES string of the molecule is CCCCCc1cc(O)c([C@H]2CC(C)CC[C@@H]2C(C)C)c(O)c1. The van der Waals surface area contributed by atoms with Gasteiger partial charge in [0.1, 0.15) is 11.5 Å². The molecule has 2 N–H and O–H groups in total. The maximum absolute atomic E-state index is 10.6. The Balaban J connectivity index is 2.26. The summed E-state index contributed by atoms with van der Waals surface area (Å²) in [5.41, 5.74) is 1.86. The van der Waals surface area contributed by atoms with Gasteiger partial charge in [-0.3, -0.25) is 0 Å². The number of phenolic OH excluding ortho intramolecular Hbond substituents is 2. The minimum absolute atomic E-state index is 0.281. The minimum atomic E-state index is 0.281. The fourth-order valence-corrected chi connectivity index (χ4v) is 4.32. The molecule has 130 valence electrons. The smallest absolute Gasteiger partial charge is 0.123 e. The van der Waals surface area contributed by atoms with Gasteiger partial charge in [-0.15, -0.1) is 0 Å². The highest BCUT2D eigenvalue weighted by molar-refractivity contribution is 5.49. The summed E-state index contributed by atoms with van der Waals surface area (Å²) in [5, 5.41) is 21.2. The van der Waals surface area contributed by atoms with Crippen LogP contribution < -0.4 is 0 Å². The first-order chi connectivity index (χ1) is 10.9.